The molecular formula is C22H23F3N4O3. The molecule has 3 rings (SSSR count). The van der Waals surface area contributed by atoms with Gasteiger partial charge in [-0.3, -0.25) is 0 Å². The summed E-state index contributed by atoms with van der Waals surface area (Å²) in [6, 6.07) is 12.8. The third-order valence-corrected chi connectivity index (χ3v) is 4.49. The lowest BCUT2D eigenvalue weighted by molar-refractivity contribution is -0.137. The third kappa shape index (κ3) is 6.01. The maximum absolute atomic E-state index is 12.8. The molecule has 0 aliphatic heterocycles. The highest BCUT2D eigenvalue weighted by Gasteiger charge is 2.30. The van der Waals surface area contributed by atoms with Crippen molar-refractivity contribution in [2.24, 2.45) is 0 Å². The fraction of sp³-hybridized carbons (Fsp3) is 0.273. The third-order valence-electron chi connectivity index (χ3n) is 4.49. The molecular weight excluding hydrogens is 425 g/mol. The molecule has 0 aliphatic rings. The van der Waals surface area contributed by atoms with E-state index in [1.165, 1.54) is 12.1 Å². The number of hydrogen-bond acceptors (Lipinski definition) is 4. The average Bonchev–Trinajstić information content (AvgIpc) is 3.08. The van der Waals surface area contributed by atoms with Crippen molar-refractivity contribution in [1.82, 2.24) is 15.1 Å². The van der Waals surface area contributed by atoms with E-state index in [9.17, 15) is 23.1 Å². The first kappa shape index (κ1) is 23.1. The number of aliphatic hydroxyl groups excluding tert-OH is 1. The van der Waals surface area contributed by atoms with Gasteiger partial charge in [0.05, 0.1) is 22.6 Å². The van der Waals surface area contributed by atoms with Crippen LogP contribution in [0.2, 0.25) is 0 Å². The van der Waals surface area contributed by atoms with Crippen LogP contribution in [0.15, 0.2) is 54.6 Å². The van der Waals surface area contributed by atoms with Crippen molar-refractivity contribution < 1.29 is 27.8 Å². The first-order valence-electron chi connectivity index (χ1n) is 9.79. The monoisotopic (exact) mass is 448 g/mol. The highest BCUT2D eigenvalue weighted by Crippen LogP contribution is 2.31. The van der Waals surface area contributed by atoms with Crippen molar-refractivity contribution in [2.75, 3.05) is 18.5 Å². The zero-order valence-corrected chi connectivity index (χ0v) is 17.5. The van der Waals surface area contributed by atoms with Gasteiger partial charge in [0.1, 0.15) is 18.5 Å². The van der Waals surface area contributed by atoms with Crippen molar-refractivity contribution in [3.8, 4) is 11.4 Å². The molecule has 0 radical (unpaired) electrons. The van der Waals surface area contributed by atoms with Crippen molar-refractivity contribution in [2.45, 2.75) is 26.1 Å². The van der Waals surface area contributed by atoms with Crippen molar-refractivity contribution in [3.05, 3.63) is 71.5 Å². The Labute approximate surface area is 182 Å². The fourth-order valence-corrected chi connectivity index (χ4v) is 3.03. The van der Waals surface area contributed by atoms with Crippen LogP contribution >= 0.6 is 0 Å². The molecule has 1 unspecified atom stereocenters. The number of halogens is 3. The molecule has 7 nitrogen and oxygen atoms in total. The van der Waals surface area contributed by atoms with Crippen LogP contribution in [0.1, 0.15) is 17.0 Å². The summed E-state index contributed by atoms with van der Waals surface area (Å²) in [6.45, 7) is 3.32. The molecule has 0 saturated heterocycles. The minimum Gasteiger partial charge on any atom is -0.491 e. The van der Waals surface area contributed by atoms with Crippen LogP contribution < -0.4 is 15.4 Å². The number of aliphatic hydroxyl groups is 1. The summed E-state index contributed by atoms with van der Waals surface area (Å²) >= 11 is 0. The minimum absolute atomic E-state index is 0.0258. The first-order valence-corrected chi connectivity index (χ1v) is 9.79. The Bertz CT molecular complexity index is 1080. The topological polar surface area (TPSA) is 88.4 Å². The molecule has 1 atom stereocenters. The number of nitrogens with zero attached hydrogens (tertiary/aromatic N) is 2. The van der Waals surface area contributed by atoms with E-state index < -0.39 is 23.9 Å². The maximum atomic E-state index is 12.8. The molecule has 10 heteroatoms. The van der Waals surface area contributed by atoms with Crippen LogP contribution in [0.4, 0.5) is 23.7 Å². The number of benzene rings is 2. The van der Waals surface area contributed by atoms with Gasteiger partial charge in [-0.15, -0.1) is 0 Å². The number of alkyl halides is 3. The Morgan fingerprint density at radius 1 is 1.16 bits per heavy atom. The van der Waals surface area contributed by atoms with Crippen LogP contribution in [-0.4, -0.2) is 40.2 Å². The van der Waals surface area contributed by atoms with Gasteiger partial charge in [-0.25, -0.2) is 9.48 Å². The fourth-order valence-electron chi connectivity index (χ4n) is 3.03. The van der Waals surface area contributed by atoms with Gasteiger partial charge in [0.2, 0.25) is 0 Å². The predicted molar refractivity (Wildman–Crippen MR) is 113 cm³/mol. The van der Waals surface area contributed by atoms with Gasteiger partial charge in [-0.2, -0.15) is 18.3 Å². The Morgan fingerprint density at radius 2 is 1.91 bits per heavy atom. The summed E-state index contributed by atoms with van der Waals surface area (Å²) < 4.78 is 45.2. The normalized spacial score (nSPS) is 12.3. The Balaban J connectivity index is 1.53. The van der Waals surface area contributed by atoms with E-state index in [1.54, 1.807) is 16.8 Å². The number of amides is 2. The highest BCUT2D eigenvalue weighted by atomic mass is 19.4. The van der Waals surface area contributed by atoms with Gasteiger partial charge in [-0.05, 0) is 50.2 Å². The second-order valence-electron chi connectivity index (χ2n) is 7.18. The zero-order chi connectivity index (χ0) is 23.3. The number of aromatic nitrogens is 2. The number of anilines is 1. The van der Waals surface area contributed by atoms with Crippen LogP contribution in [0.3, 0.4) is 0 Å². The van der Waals surface area contributed by atoms with Gasteiger partial charge in [0.15, 0.2) is 0 Å². The average molecular weight is 448 g/mol. The van der Waals surface area contributed by atoms with E-state index in [0.717, 1.165) is 23.5 Å². The maximum Gasteiger partial charge on any atom is 0.416 e. The van der Waals surface area contributed by atoms with E-state index in [2.05, 4.69) is 15.7 Å². The van der Waals surface area contributed by atoms with Gasteiger partial charge >= 0.3 is 12.2 Å². The quantitative estimate of drug-likeness (QED) is 0.509. The number of carbonyl (C=O) groups excluding carboxylic acids is 1. The Kier molecular flexibility index (Phi) is 7.04. The Hall–Kier alpha value is -3.53. The number of nitrogens with one attached hydrogen (secondary N) is 2. The molecule has 0 aliphatic carbocycles. The summed E-state index contributed by atoms with van der Waals surface area (Å²) in [5, 5.41) is 19.7. The van der Waals surface area contributed by atoms with E-state index in [-0.39, 0.29) is 18.9 Å². The lowest BCUT2D eigenvalue weighted by Gasteiger charge is -2.16. The number of carbonyl (C=O) groups is 1. The smallest absolute Gasteiger partial charge is 0.416 e. The van der Waals surface area contributed by atoms with Crippen LogP contribution in [-0.2, 0) is 6.18 Å². The molecule has 2 amide bonds. The van der Waals surface area contributed by atoms with Crippen LogP contribution in [0.5, 0.6) is 5.75 Å². The van der Waals surface area contributed by atoms with Crippen LogP contribution in [0, 0.1) is 13.8 Å². The molecule has 170 valence electrons. The van der Waals surface area contributed by atoms with E-state index in [4.69, 9.17) is 4.74 Å². The molecule has 3 N–H and O–H groups in total. The number of aryl methyl sites for hydroxylation is 2. The lowest BCUT2D eigenvalue weighted by Crippen LogP contribution is -2.37. The summed E-state index contributed by atoms with van der Waals surface area (Å²) in [5.41, 5.74) is 2.10. The lowest BCUT2D eigenvalue weighted by atomic mass is 10.2. The molecule has 2 aromatic carbocycles. The van der Waals surface area contributed by atoms with Gasteiger partial charge < -0.3 is 20.5 Å². The second-order valence-corrected chi connectivity index (χ2v) is 7.18. The highest BCUT2D eigenvalue weighted by molar-refractivity contribution is 5.91. The largest absolute Gasteiger partial charge is 0.491 e. The number of urea groups is 1. The standard InChI is InChI=1S/C22H23F3N4O3/c1-14-10-15(2)29(28-14)20-9-4-3-8-19(20)27-21(31)26-12-17(30)13-32-18-7-5-6-16(11-18)22(23,24)25/h3-11,17,30H,12-13H2,1-2H3,(H2,26,27,31). The number of para-hydroxylation sites is 2. The van der Waals surface area contributed by atoms with Gasteiger partial charge in [0.25, 0.3) is 0 Å². The number of hydrogen-bond donors (Lipinski definition) is 3. The Morgan fingerprint density at radius 3 is 2.59 bits per heavy atom. The molecule has 0 bridgehead atoms. The van der Waals surface area contributed by atoms with Crippen molar-refractivity contribution >= 4 is 11.7 Å². The molecule has 0 saturated carbocycles. The molecule has 32 heavy (non-hydrogen) atoms. The van der Waals surface area contributed by atoms with E-state index in [1.807, 2.05) is 32.0 Å². The minimum atomic E-state index is -4.48. The van der Waals surface area contributed by atoms with Gasteiger partial charge in [-0.1, -0.05) is 18.2 Å². The number of rotatable bonds is 7. The second kappa shape index (κ2) is 9.73. The van der Waals surface area contributed by atoms with Crippen molar-refractivity contribution in [3.63, 3.8) is 0 Å². The van der Waals surface area contributed by atoms with Gasteiger partial charge in [0, 0.05) is 12.2 Å². The summed E-state index contributed by atoms with van der Waals surface area (Å²) in [4.78, 5) is 12.3. The zero-order valence-electron chi connectivity index (χ0n) is 17.5. The summed E-state index contributed by atoms with van der Waals surface area (Å²) in [7, 11) is 0. The van der Waals surface area contributed by atoms with E-state index in [0.29, 0.717) is 11.4 Å². The molecule has 0 fully saturated rings. The number of ether oxygens (including phenoxy) is 1. The predicted octanol–water partition coefficient (Wildman–Crippen LogP) is 4.07. The van der Waals surface area contributed by atoms with Crippen molar-refractivity contribution in [1.29, 1.82) is 0 Å². The molecule has 1 aromatic heterocycles. The first-order chi connectivity index (χ1) is 15.1. The van der Waals surface area contributed by atoms with E-state index >= 15 is 0 Å². The SMILES string of the molecule is Cc1cc(C)n(-c2ccccc2NC(=O)NCC(O)COc2cccc(C(F)(F)F)c2)n1. The molecule has 0 spiro atoms. The molecule has 3 aromatic rings. The summed E-state index contributed by atoms with van der Waals surface area (Å²) in [6.07, 6.45) is -5.61. The molecule has 1 heterocycles. The summed E-state index contributed by atoms with van der Waals surface area (Å²) in [5.74, 6) is -0.0258. The van der Waals surface area contributed by atoms with Crippen LogP contribution in [0.25, 0.3) is 5.69 Å².